The molecule has 0 spiro atoms. The number of esters is 1. The number of hydrogen-bond acceptors (Lipinski definition) is 5. The van der Waals surface area contributed by atoms with Gasteiger partial charge in [-0.15, -0.1) is 0 Å². The van der Waals surface area contributed by atoms with Gasteiger partial charge in [0.1, 0.15) is 11.6 Å². The molecule has 0 aliphatic carbocycles. The van der Waals surface area contributed by atoms with Crippen molar-refractivity contribution in [2.45, 2.75) is 13.2 Å². The molecule has 0 saturated heterocycles. The number of carbonyl (C=O) groups is 1. The van der Waals surface area contributed by atoms with Gasteiger partial charge in [-0.05, 0) is 19.1 Å². The standard InChI is InChI=1S/C10H10FNO5/c1-2-16-10(13)9(12(14)15)17-8-5-3-4-7(11)6-8/h3-6,9H,2H2,1H3. The summed E-state index contributed by atoms with van der Waals surface area (Å²) < 4.78 is 22.0. The van der Waals surface area contributed by atoms with Gasteiger partial charge in [0.15, 0.2) is 0 Å². The molecule has 0 fully saturated rings. The minimum Gasteiger partial charge on any atom is -0.458 e. The van der Waals surface area contributed by atoms with Gasteiger partial charge in [-0.1, -0.05) is 6.07 Å². The summed E-state index contributed by atoms with van der Waals surface area (Å²) in [4.78, 5) is 20.8. The van der Waals surface area contributed by atoms with Crippen molar-refractivity contribution in [3.05, 3.63) is 40.2 Å². The fourth-order valence-electron chi connectivity index (χ4n) is 1.06. The van der Waals surface area contributed by atoms with Crippen LogP contribution in [-0.4, -0.2) is 23.7 Å². The first kappa shape index (κ1) is 12.9. The van der Waals surface area contributed by atoms with Gasteiger partial charge < -0.3 is 9.47 Å². The van der Waals surface area contributed by atoms with Crippen molar-refractivity contribution < 1.29 is 23.6 Å². The lowest BCUT2D eigenvalue weighted by Gasteiger charge is -2.10. The summed E-state index contributed by atoms with van der Waals surface area (Å²) in [6.07, 6.45) is -1.99. The van der Waals surface area contributed by atoms with Gasteiger partial charge in [0.25, 0.3) is 0 Å². The first-order valence-corrected chi connectivity index (χ1v) is 4.77. The number of ether oxygens (including phenoxy) is 2. The van der Waals surface area contributed by atoms with Gasteiger partial charge in [0.2, 0.25) is 0 Å². The van der Waals surface area contributed by atoms with Crippen LogP contribution < -0.4 is 4.74 Å². The Morgan fingerprint density at radius 2 is 2.29 bits per heavy atom. The van der Waals surface area contributed by atoms with E-state index in [4.69, 9.17) is 4.74 Å². The third-order valence-electron chi connectivity index (χ3n) is 1.72. The van der Waals surface area contributed by atoms with Crippen LogP contribution in [-0.2, 0) is 9.53 Å². The lowest BCUT2D eigenvalue weighted by atomic mass is 10.3. The van der Waals surface area contributed by atoms with E-state index in [0.717, 1.165) is 12.1 Å². The molecule has 1 aromatic carbocycles. The minimum absolute atomic E-state index is 0.00428. The van der Waals surface area contributed by atoms with Crippen molar-refractivity contribution in [1.29, 1.82) is 0 Å². The maximum Gasteiger partial charge on any atom is 0.452 e. The van der Waals surface area contributed by atoms with E-state index in [0.29, 0.717) is 0 Å². The normalized spacial score (nSPS) is 11.6. The summed E-state index contributed by atoms with van der Waals surface area (Å²) >= 11 is 0. The number of nitro groups is 1. The van der Waals surface area contributed by atoms with Gasteiger partial charge >= 0.3 is 12.2 Å². The Labute approximate surface area is 96.1 Å². The minimum atomic E-state index is -1.99. The number of benzene rings is 1. The predicted octanol–water partition coefficient (Wildman–Crippen LogP) is 1.37. The average Bonchev–Trinajstić information content (AvgIpc) is 2.26. The second-order valence-electron chi connectivity index (χ2n) is 2.96. The van der Waals surface area contributed by atoms with Gasteiger partial charge in [-0.3, -0.25) is 10.1 Å². The molecule has 0 N–H and O–H groups in total. The number of hydrogen-bond donors (Lipinski definition) is 0. The Morgan fingerprint density at radius 3 is 2.82 bits per heavy atom. The molecule has 0 saturated carbocycles. The quantitative estimate of drug-likeness (QED) is 0.338. The van der Waals surface area contributed by atoms with E-state index in [1.165, 1.54) is 19.1 Å². The summed E-state index contributed by atoms with van der Waals surface area (Å²) in [7, 11) is 0. The molecule has 1 unspecified atom stereocenters. The van der Waals surface area contributed by atoms with Crippen LogP contribution in [0.25, 0.3) is 0 Å². The van der Waals surface area contributed by atoms with Crippen LogP contribution in [0.15, 0.2) is 24.3 Å². The zero-order valence-electron chi connectivity index (χ0n) is 8.96. The molecule has 0 aliphatic heterocycles. The number of halogens is 1. The smallest absolute Gasteiger partial charge is 0.452 e. The van der Waals surface area contributed by atoms with Crippen LogP contribution in [0.2, 0.25) is 0 Å². The summed E-state index contributed by atoms with van der Waals surface area (Å²) in [6, 6.07) is 4.71. The average molecular weight is 243 g/mol. The summed E-state index contributed by atoms with van der Waals surface area (Å²) in [5, 5.41) is 10.6. The molecule has 7 heteroatoms. The van der Waals surface area contributed by atoms with Crippen molar-refractivity contribution in [2.24, 2.45) is 0 Å². The number of rotatable bonds is 5. The van der Waals surface area contributed by atoms with Crippen LogP contribution in [0, 0.1) is 15.9 Å². The maximum atomic E-state index is 12.8. The highest BCUT2D eigenvalue weighted by Gasteiger charge is 2.33. The van der Waals surface area contributed by atoms with E-state index >= 15 is 0 Å². The Kier molecular flexibility index (Phi) is 4.38. The Bertz CT molecular complexity index is 423. The molecule has 0 aliphatic rings. The van der Waals surface area contributed by atoms with Crippen molar-refractivity contribution >= 4 is 5.97 Å². The second kappa shape index (κ2) is 5.78. The Balaban J connectivity index is 2.80. The Hall–Kier alpha value is -2.18. The molecular formula is C10H10FNO5. The highest BCUT2D eigenvalue weighted by molar-refractivity contribution is 5.73. The lowest BCUT2D eigenvalue weighted by Crippen LogP contribution is -2.36. The van der Waals surface area contributed by atoms with Gasteiger partial charge in [-0.25, -0.2) is 9.18 Å². The van der Waals surface area contributed by atoms with Crippen LogP contribution in [0.4, 0.5) is 4.39 Å². The largest absolute Gasteiger partial charge is 0.458 e. The predicted molar refractivity (Wildman–Crippen MR) is 54.4 cm³/mol. The summed E-state index contributed by atoms with van der Waals surface area (Å²) in [5.74, 6) is -1.85. The molecule has 1 atom stereocenters. The van der Waals surface area contributed by atoms with Crippen LogP contribution in [0.1, 0.15) is 6.92 Å². The zero-order chi connectivity index (χ0) is 12.8. The first-order valence-electron chi connectivity index (χ1n) is 4.77. The molecule has 17 heavy (non-hydrogen) atoms. The van der Waals surface area contributed by atoms with Gasteiger partial charge in [-0.2, -0.15) is 0 Å². The Morgan fingerprint density at radius 1 is 1.59 bits per heavy atom. The molecular weight excluding hydrogens is 233 g/mol. The third kappa shape index (κ3) is 3.71. The molecule has 6 nitrogen and oxygen atoms in total. The number of nitrogens with zero attached hydrogens (tertiary/aromatic N) is 1. The first-order chi connectivity index (χ1) is 8.04. The summed E-state index contributed by atoms with van der Waals surface area (Å²) in [5.41, 5.74) is 0. The number of carbonyl (C=O) groups excluding carboxylic acids is 1. The van der Waals surface area contributed by atoms with Crippen LogP contribution >= 0.6 is 0 Å². The second-order valence-corrected chi connectivity index (χ2v) is 2.96. The van der Waals surface area contributed by atoms with Crippen molar-refractivity contribution in [3.8, 4) is 5.75 Å². The van der Waals surface area contributed by atoms with E-state index in [2.05, 4.69) is 4.74 Å². The topological polar surface area (TPSA) is 78.7 Å². The highest BCUT2D eigenvalue weighted by atomic mass is 19.1. The molecule has 0 amide bonds. The SMILES string of the molecule is CCOC(=O)C(Oc1cccc(F)c1)[N+](=O)[O-]. The molecule has 1 rings (SSSR count). The molecule has 0 aromatic heterocycles. The lowest BCUT2D eigenvalue weighted by molar-refractivity contribution is -0.548. The van der Waals surface area contributed by atoms with Gasteiger partial charge in [0, 0.05) is 6.07 Å². The molecule has 1 aromatic rings. The van der Waals surface area contributed by atoms with Crippen LogP contribution in [0.5, 0.6) is 5.75 Å². The van der Waals surface area contributed by atoms with E-state index in [1.807, 2.05) is 0 Å². The molecule has 0 bridgehead atoms. The maximum absolute atomic E-state index is 12.8. The fourth-order valence-corrected chi connectivity index (χ4v) is 1.06. The van der Waals surface area contributed by atoms with E-state index in [-0.39, 0.29) is 12.4 Å². The highest BCUT2D eigenvalue weighted by Crippen LogP contribution is 2.14. The molecule has 92 valence electrons. The summed E-state index contributed by atoms with van der Waals surface area (Å²) in [6.45, 7) is 1.51. The van der Waals surface area contributed by atoms with Crippen molar-refractivity contribution in [2.75, 3.05) is 6.61 Å². The van der Waals surface area contributed by atoms with Crippen molar-refractivity contribution in [3.63, 3.8) is 0 Å². The monoisotopic (exact) mass is 243 g/mol. The van der Waals surface area contributed by atoms with E-state index < -0.39 is 22.9 Å². The molecule has 0 radical (unpaired) electrons. The third-order valence-corrected chi connectivity index (χ3v) is 1.72. The zero-order valence-corrected chi connectivity index (χ0v) is 8.96. The molecule has 0 heterocycles. The fraction of sp³-hybridized carbons (Fsp3) is 0.300. The van der Waals surface area contributed by atoms with E-state index in [9.17, 15) is 19.3 Å². The van der Waals surface area contributed by atoms with Crippen LogP contribution in [0.3, 0.4) is 0 Å². The van der Waals surface area contributed by atoms with E-state index in [1.54, 1.807) is 0 Å². The van der Waals surface area contributed by atoms with Crippen molar-refractivity contribution in [1.82, 2.24) is 0 Å². The van der Waals surface area contributed by atoms with Gasteiger partial charge in [0.05, 0.1) is 11.5 Å².